The summed E-state index contributed by atoms with van der Waals surface area (Å²) in [5, 5.41) is 8.09. The molecular weight excluding hydrogens is 356 g/mol. The lowest BCUT2D eigenvalue weighted by molar-refractivity contribution is -0.924. The second-order valence-corrected chi connectivity index (χ2v) is 6.80. The SMILES string of the molecule is CCOc1ccccc1N1CC[NH+](Cn2nnn(-c3ccccc3)c2=O)CC1. The van der Waals surface area contributed by atoms with Crippen LogP contribution in [0.15, 0.2) is 59.4 Å². The highest BCUT2D eigenvalue weighted by Crippen LogP contribution is 2.27. The fraction of sp³-hybridized carbons (Fsp3) is 0.350. The molecule has 0 aliphatic carbocycles. The summed E-state index contributed by atoms with van der Waals surface area (Å²) in [6.07, 6.45) is 0. The van der Waals surface area contributed by atoms with Crippen molar-refractivity contribution in [3.05, 3.63) is 65.1 Å². The van der Waals surface area contributed by atoms with Gasteiger partial charge in [-0.25, -0.2) is 4.79 Å². The molecule has 1 aliphatic rings. The molecule has 2 aromatic carbocycles. The lowest BCUT2D eigenvalue weighted by Gasteiger charge is -2.34. The Morgan fingerprint density at radius 1 is 1.00 bits per heavy atom. The number of nitrogens with one attached hydrogen (secondary N) is 1. The molecule has 0 bridgehead atoms. The number of quaternary nitrogens is 1. The van der Waals surface area contributed by atoms with Crippen LogP contribution >= 0.6 is 0 Å². The van der Waals surface area contributed by atoms with Gasteiger partial charge in [0.1, 0.15) is 5.75 Å². The Bertz CT molecular complexity index is 960. The smallest absolute Gasteiger partial charge is 0.373 e. The molecule has 0 amide bonds. The van der Waals surface area contributed by atoms with Crippen molar-refractivity contribution in [3.63, 3.8) is 0 Å². The minimum absolute atomic E-state index is 0.206. The van der Waals surface area contributed by atoms with Crippen molar-refractivity contribution in [1.82, 2.24) is 19.8 Å². The quantitative estimate of drug-likeness (QED) is 0.660. The van der Waals surface area contributed by atoms with Crippen molar-refractivity contribution < 1.29 is 9.64 Å². The highest BCUT2D eigenvalue weighted by atomic mass is 16.5. The van der Waals surface area contributed by atoms with Crippen LogP contribution in [0.3, 0.4) is 0 Å². The highest BCUT2D eigenvalue weighted by Gasteiger charge is 2.23. The molecule has 0 spiro atoms. The van der Waals surface area contributed by atoms with E-state index in [1.807, 2.05) is 55.5 Å². The molecule has 4 rings (SSSR count). The van der Waals surface area contributed by atoms with Gasteiger partial charge in [-0.15, -0.1) is 4.68 Å². The standard InChI is InChI=1S/C20H24N6O2/c1-2-28-19-11-7-6-10-18(19)24-14-12-23(13-15-24)16-25-20(27)26(22-21-25)17-8-4-3-5-9-17/h3-11H,2,12-16H2,1H3/p+1. The molecule has 0 atom stereocenters. The summed E-state index contributed by atoms with van der Waals surface area (Å²) < 4.78 is 8.55. The molecule has 1 aliphatic heterocycles. The first-order chi connectivity index (χ1) is 13.8. The second-order valence-electron chi connectivity index (χ2n) is 6.80. The van der Waals surface area contributed by atoms with Crippen LogP contribution < -0.4 is 20.2 Å². The predicted molar refractivity (Wildman–Crippen MR) is 106 cm³/mol. The van der Waals surface area contributed by atoms with Gasteiger partial charge in [0.2, 0.25) is 0 Å². The highest BCUT2D eigenvalue weighted by molar-refractivity contribution is 5.58. The van der Waals surface area contributed by atoms with Crippen molar-refractivity contribution in [2.24, 2.45) is 0 Å². The van der Waals surface area contributed by atoms with Crippen molar-refractivity contribution in [2.45, 2.75) is 13.6 Å². The van der Waals surface area contributed by atoms with Gasteiger partial charge >= 0.3 is 5.69 Å². The lowest BCUT2D eigenvalue weighted by Crippen LogP contribution is -3.14. The first kappa shape index (κ1) is 18.2. The molecule has 0 unspecified atom stereocenters. The minimum Gasteiger partial charge on any atom is -0.492 e. The normalized spacial score (nSPS) is 15.0. The summed E-state index contributed by atoms with van der Waals surface area (Å²) in [5.74, 6) is 0.926. The molecule has 1 fully saturated rings. The van der Waals surface area contributed by atoms with Crippen LogP contribution in [-0.2, 0) is 6.67 Å². The van der Waals surface area contributed by atoms with E-state index in [1.54, 1.807) is 0 Å². The Balaban J connectivity index is 1.41. The van der Waals surface area contributed by atoms with E-state index in [0.717, 1.165) is 43.3 Å². The van der Waals surface area contributed by atoms with E-state index in [0.29, 0.717) is 13.3 Å². The van der Waals surface area contributed by atoms with Crippen LogP contribution in [0, 0.1) is 0 Å². The summed E-state index contributed by atoms with van der Waals surface area (Å²) in [6.45, 7) is 6.83. The van der Waals surface area contributed by atoms with Crippen LogP contribution in [0.4, 0.5) is 5.69 Å². The molecule has 8 heteroatoms. The molecule has 3 aromatic rings. The second kappa shape index (κ2) is 8.26. The number of piperazine rings is 1. The Labute approximate surface area is 163 Å². The largest absolute Gasteiger partial charge is 0.492 e. The first-order valence-electron chi connectivity index (χ1n) is 9.65. The van der Waals surface area contributed by atoms with Crippen molar-refractivity contribution in [2.75, 3.05) is 37.7 Å². The van der Waals surface area contributed by atoms with Crippen LogP contribution in [0.25, 0.3) is 5.69 Å². The Kier molecular flexibility index (Phi) is 5.38. The molecule has 8 nitrogen and oxygen atoms in total. The maximum Gasteiger partial charge on any atom is 0.373 e. The Hall–Kier alpha value is -3.13. The van der Waals surface area contributed by atoms with E-state index in [-0.39, 0.29) is 5.69 Å². The summed E-state index contributed by atoms with van der Waals surface area (Å²) in [7, 11) is 0. The van der Waals surface area contributed by atoms with Crippen LogP contribution in [0.2, 0.25) is 0 Å². The van der Waals surface area contributed by atoms with E-state index in [1.165, 1.54) is 14.3 Å². The molecule has 0 saturated carbocycles. The fourth-order valence-corrected chi connectivity index (χ4v) is 3.53. The maximum absolute atomic E-state index is 12.6. The third-order valence-corrected chi connectivity index (χ3v) is 4.99. The van der Waals surface area contributed by atoms with Gasteiger partial charge in [-0.1, -0.05) is 30.3 Å². The van der Waals surface area contributed by atoms with Crippen molar-refractivity contribution in [3.8, 4) is 11.4 Å². The zero-order valence-electron chi connectivity index (χ0n) is 16.0. The third-order valence-electron chi connectivity index (χ3n) is 4.99. The van der Waals surface area contributed by atoms with Crippen LogP contribution in [0.5, 0.6) is 5.75 Å². The molecule has 2 heterocycles. The summed E-state index contributed by atoms with van der Waals surface area (Å²) in [4.78, 5) is 16.3. The monoisotopic (exact) mass is 381 g/mol. The summed E-state index contributed by atoms with van der Waals surface area (Å²) in [6, 6.07) is 17.5. The van der Waals surface area contributed by atoms with Gasteiger partial charge in [-0.3, -0.25) is 0 Å². The van der Waals surface area contributed by atoms with E-state index < -0.39 is 0 Å². The number of aromatic nitrogens is 4. The number of tetrazole rings is 1. The molecule has 1 aromatic heterocycles. The number of ether oxygens (including phenoxy) is 1. The summed E-state index contributed by atoms with van der Waals surface area (Å²) >= 11 is 0. The summed E-state index contributed by atoms with van der Waals surface area (Å²) in [5.41, 5.74) is 1.66. The molecule has 1 saturated heterocycles. The van der Waals surface area contributed by atoms with Gasteiger partial charge in [0, 0.05) is 0 Å². The number of benzene rings is 2. The number of anilines is 1. The molecule has 146 valence electrons. The third kappa shape index (κ3) is 3.77. The lowest BCUT2D eigenvalue weighted by atomic mass is 10.2. The first-order valence-corrected chi connectivity index (χ1v) is 9.65. The van der Waals surface area contributed by atoms with Gasteiger partial charge < -0.3 is 14.5 Å². The van der Waals surface area contributed by atoms with Gasteiger partial charge in [0.25, 0.3) is 0 Å². The van der Waals surface area contributed by atoms with Crippen LogP contribution in [-0.4, -0.2) is 52.6 Å². The van der Waals surface area contributed by atoms with Crippen molar-refractivity contribution in [1.29, 1.82) is 0 Å². The molecule has 1 N–H and O–H groups in total. The minimum atomic E-state index is -0.206. The van der Waals surface area contributed by atoms with Crippen molar-refractivity contribution >= 4 is 5.69 Å². The van der Waals surface area contributed by atoms with E-state index in [9.17, 15) is 4.79 Å². The Morgan fingerprint density at radius 3 is 2.46 bits per heavy atom. The molecule has 0 radical (unpaired) electrons. The number of para-hydroxylation sites is 3. The van der Waals surface area contributed by atoms with Gasteiger partial charge in [-0.2, -0.15) is 4.68 Å². The Morgan fingerprint density at radius 2 is 1.71 bits per heavy atom. The average molecular weight is 381 g/mol. The van der Waals surface area contributed by atoms with Gasteiger partial charge in [0.15, 0.2) is 6.67 Å². The topological polar surface area (TPSA) is 69.6 Å². The van der Waals surface area contributed by atoms with Crippen LogP contribution in [0.1, 0.15) is 6.92 Å². The van der Waals surface area contributed by atoms with Gasteiger partial charge in [0.05, 0.1) is 44.2 Å². The number of hydrogen-bond donors (Lipinski definition) is 1. The van der Waals surface area contributed by atoms with E-state index in [4.69, 9.17) is 4.74 Å². The van der Waals surface area contributed by atoms with E-state index >= 15 is 0 Å². The zero-order chi connectivity index (χ0) is 19.3. The average Bonchev–Trinajstić information content (AvgIpc) is 3.10. The van der Waals surface area contributed by atoms with Gasteiger partial charge in [-0.05, 0) is 41.6 Å². The fourth-order valence-electron chi connectivity index (χ4n) is 3.53. The number of nitrogens with zero attached hydrogens (tertiary/aromatic N) is 5. The predicted octanol–water partition coefficient (Wildman–Crippen LogP) is 0.190. The van der Waals surface area contributed by atoms with E-state index in [2.05, 4.69) is 21.4 Å². The number of hydrogen-bond acceptors (Lipinski definition) is 5. The molecule has 28 heavy (non-hydrogen) atoms. The molecular formula is C20H25N6O2+. The maximum atomic E-state index is 12.6. The zero-order valence-corrected chi connectivity index (χ0v) is 16.0. The number of rotatable bonds is 6.